The van der Waals surface area contributed by atoms with E-state index in [-0.39, 0.29) is 0 Å². The van der Waals surface area contributed by atoms with E-state index in [0.717, 1.165) is 19.5 Å². The largest absolute Gasteiger partial charge is 0.335 e. The lowest BCUT2D eigenvalue weighted by Crippen LogP contribution is -2.31. The standard InChI is InChI=1S/C13H25N3/c1-4-7-12(14-6-3)11-13-15-8-10-16(13)9-5-2/h8,10,12,14H,4-7,9,11H2,1-3H3. The summed E-state index contributed by atoms with van der Waals surface area (Å²) in [7, 11) is 0. The average Bonchev–Trinajstić information content (AvgIpc) is 2.67. The summed E-state index contributed by atoms with van der Waals surface area (Å²) in [4.78, 5) is 4.46. The predicted octanol–water partition coefficient (Wildman–Crippen LogP) is 2.61. The molecule has 92 valence electrons. The number of likely N-dealkylation sites (N-methyl/N-ethyl adjacent to an activating group) is 1. The number of nitrogens with one attached hydrogen (secondary N) is 1. The first-order chi connectivity index (χ1) is 7.81. The van der Waals surface area contributed by atoms with E-state index < -0.39 is 0 Å². The van der Waals surface area contributed by atoms with Crippen LogP contribution in [0.5, 0.6) is 0 Å². The fourth-order valence-corrected chi connectivity index (χ4v) is 2.11. The Morgan fingerprint density at radius 2 is 2.12 bits per heavy atom. The van der Waals surface area contributed by atoms with E-state index in [1.807, 2.05) is 6.20 Å². The molecule has 1 heterocycles. The van der Waals surface area contributed by atoms with Gasteiger partial charge in [-0.2, -0.15) is 0 Å². The van der Waals surface area contributed by atoms with Gasteiger partial charge in [0, 0.05) is 31.4 Å². The van der Waals surface area contributed by atoms with Crippen LogP contribution in [-0.4, -0.2) is 22.1 Å². The minimum atomic E-state index is 0.577. The molecule has 1 unspecified atom stereocenters. The zero-order chi connectivity index (χ0) is 11.8. The molecule has 1 rings (SSSR count). The van der Waals surface area contributed by atoms with Crippen LogP contribution in [0.4, 0.5) is 0 Å². The Labute approximate surface area is 99.3 Å². The molecule has 0 aliphatic heterocycles. The van der Waals surface area contributed by atoms with E-state index >= 15 is 0 Å². The molecule has 1 atom stereocenters. The Morgan fingerprint density at radius 1 is 1.31 bits per heavy atom. The molecule has 1 aromatic heterocycles. The summed E-state index contributed by atoms with van der Waals surface area (Å²) in [5.41, 5.74) is 0. The second-order valence-electron chi connectivity index (χ2n) is 4.28. The summed E-state index contributed by atoms with van der Waals surface area (Å²) >= 11 is 0. The molecule has 16 heavy (non-hydrogen) atoms. The van der Waals surface area contributed by atoms with E-state index in [1.54, 1.807) is 0 Å². The molecule has 0 saturated carbocycles. The van der Waals surface area contributed by atoms with Crippen LogP contribution >= 0.6 is 0 Å². The van der Waals surface area contributed by atoms with Crippen molar-refractivity contribution in [1.82, 2.24) is 14.9 Å². The predicted molar refractivity (Wildman–Crippen MR) is 68.6 cm³/mol. The van der Waals surface area contributed by atoms with Crippen LogP contribution in [0.15, 0.2) is 12.4 Å². The molecule has 0 aliphatic rings. The Morgan fingerprint density at radius 3 is 2.75 bits per heavy atom. The smallest absolute Gasteiger partial charge is 0.110 e. The van der Waals surface area contributed by atoms with Crippen molar-refractivity contribution < 1.29 is 0 Å². The number of aromatic nitrogens is 2. The van der Waals surface area contributed by atoms with Gasteiger partial charge in [-0.15, -0.1) is 0 Å². The van der Waals surface area contributed by atoms with Gasteiger partial charge in [-0.25, -0.2) is 4.98 Å². The van der Waals surface area contributed by atoms with Gasteiger partial charge < -0.3 is 9.88 Å². The summed E-state index contributed by atoms with van der Waals surface area (Å²) in [6, 6.07) is 0.577. The molecule has 0 radical (unpaired) electrons. The van der Waals surface area contributed by atoms with Gasteiger partial charge in [-0.3, -0.25) is 0 Å². The summed E-state index contributed by atoms with van der Waals surface area (Å²) in [5, 5.41) is 3.54. The van der Waals surface area contributed by atoms with Crippen molar-refractivity contribution in [3.8, 4) is 0 Å². The quantitative estimate of drug-likeness (QED) is 0.734. The van der Waals surface area contributed by atoms with Crippen LogP contribution in [0, 0.1) is 0 Å². The van der Waals surface area contributed by atoms with Gasteiger partial charge in [-0.1, -0.05) is 27.2 Å². The van der Waals surface area contributed by atoms with Crippen molar-refractivity contribution in [3.05, 3.63) is 18.2 Å². The number of nitrogens with zero attached hydrogens (tertiary/aromatic N) is 2. The van der Waals surface area contributed by atoms with Gasteiger partial charge >= 0.3 is 0 Å². The summed E-state index contributed by atoms with van der Waals surface area (Å²) in [5.74, 6) is 1.22. The number of imidazole rings is 1. The van der Waals surface area contributed by atoms with Crippen molar-refractivity contribution in [2.75, 3.05) is 6.54 Å². The highest BCUT2D eigenvalue weighted by Crippen LogP contribution is 2.07. The maximum Gasteiger partial charge on any atom is 0.110 e. The number of hydrogen-bond acceptors (Lipinski definition) is 2. The summed E-state index contributed by atoms with van der Waals surface area (Å²) in [6.45, 7) is 8.74. The molecule has 0 aromatic carbocycles. The summed E-state index contributed by atoms with van der Waals surface area (Å²) in [6.07, 6.45) is 8.68. The highest BCUT2D eigenvalue weighted by atomic mass is 15.1. The Bertz CT molecular complexity index is 274. The van der Waals surface area contributed by atoms with Crippen LogP contribution in [0.3, 0.4) is 0 Å². The van der Waals surface area contributed by atoms with Gasteiger partial charge in [0.05, 0.1) is 0 Å². The Hall–Kier alpha value is -0.830. The molecule has 0 aliphatic carbocycles. The molecule has 0 spiro atoms. The number of hydrogen-bond donors (Lipinski definition) is 1. The van der Waals surface area contributed by atoms with E-state index in [0.29, 0.717) is 6.04 Å². The zero-order valence-electron chi connectivity index (χ0n) is 10.9. The van der Waals surface area contributed by atoms with Crippen LogP contribution < -0.4 is 5.32 Å². The monoisotopic (exact) mass is 223 g/mol. The van der Waals surface area contributed by atoms with Crippen molar-refractivity contribution in [1.29, 1.82) is 0 Å². The third-order valence-corrected chi connectivity index (χ3v) is 2.83. The highest BCUT2D eigenvalue weighted by Gasteiger charge is 2.10. The van der Waals surface area contributed by atoms with Crippen LogP contribution in [0.1, 0.15) is 45.9 Å². The molecule has 1 aromatic rings. The van der Waals surface area contributed by atoms with Gasteiger partial charge in [0.15, 0.2) is 0 Å². The number of rotatable bonds is 8. The van der Waals surface area contributed by atoms with Crippen molar-refractivity contribution >= 4 is 0 Å². The van der Waals surface area contributed by atoms with E-state index in [4.69, 9.17) is 0 Å². The molecule has 1 N–H and O–H groups in total. The van der Waals surface area contributed by atoms with E-state index in [9.17, 15) is 0 Å². The first-order valence-corrected chi connectivity index (χ1v) is 6.55. The fourth-order valence-electron chi connectivity index (χ4n) is 2.11. The third-order valence-electron chi connectivity index (χ3n) is 2.83. The molecule has 0 saturated heterocycles. The molecular formula is C13H25N3. The normalized spacial score (nSPS) is 12.9. The molecule has 3 nitrogen and oxygen atoms in total. The highest BCUT2D eigenvalue weighted by molar-refractivity contribution is 4.95. The molecule has 0 amide bonds. The fraction of sp³-hybridized carbons (Fsp3) is 0.769. The maximum absolute atomic E-state index is 4.46. The lowest BCUT2D eigenvalue weighted by molar-refractivity contribution is 0.465. The molecular weight excluding hydrogens is 198 g/mol. The van der Waals surface area contributed by atoms with Crippen molar-refractivity contribution in [2.45, 2.75) is 59.0 Å². The SMILES string of the molecule is CCCC(Cc1nccn1CCC)NCC. The van der Waals surface area contributed by atoms with Crippen molar-refractivity contribution in [3.63, 3.8) is 0 Å². The Kier molecular flexibility index (Phi) is 6.16. The number of aryl methyl sites for hydroxylation is 1. The van der Waals surface area contributed by atoms with Crippen LogP contribution in [-0.2, 0) is 13.0 Å². The second kappa shape index (κ2) is 7.44. The Balaban J connectivity index is 2.57. The summed E-state index contributed by atoms with van der Waals surface area (Å²) < 4.78 is 2.28. The minimum absolute atomic E-state index is 0.577. The molecule has 3 heteroatoms. The zero-order valence-corrected chi connectivity index (χ0v) is 10.9. The third kappa shape index (κ3) is 3.97. The van der Waals surface area contributed by atoms with Gasteiger partial charge in [0.2, 0.25) is 0 Å². The minimum Gasteiger partial charge on any atom is -0.335 e. The first-order valence-electron chi connectivity index (χ1n) is 6.55. The molecule has 0 bridgehead atoms. The first kappa shape index (κ1) is 13.2. The van der Waals surface area contributed by atoms with Crippen LogP contribution in [0.2, 0.25) is 0 Å². The van der Waals surface area contributed by atoms with Crippen molar-refractivity contribution in [2.24, 2.45) is 0 Å². The van der Waals surface area contributed by atoms with Gasteiger partial charge in [0.1, 0.15) is 5.82 Å². The van der Waals surface area contributed by atoms with E-state index in [2.05, 4.69) is 41.8 Å². The molecule has 0 fully saturated rings. The van der Waals surface area contributed by atoms with Crippen LogP contribution in [0.25, 0.3) is 0 Å². The van der Waals surface area contributed by atoms with E-state index in [1.165, 1.54) is 25.1 Å². The lowest BCUT2D eigenvalue weighted by atomic mass is 10.1. The van der Waals surface area contributed by atoms with Gasteiger partial charge in [-0.05, 0) is 19.4 Å². The maximum atomic E-state index is 4.46. The lowest BCUT2D eigenvalue weighted by Gasteiger charge is -2.17. The average molecular weight is 223 g/mol. The second-order valence-corrected chi connectivity index (χ2v) is 4.28. The topological polar surface area (TPSA) is 29.9 Å². The van der Waals surface area contributed by atoms with Gasteiger partial charge in [0.25, 0.3) is 0 Å².